The Morgan fingerprint density at radius 2 is 1.29 bits per heavy atom. The van der Waals surface area contributed by atoms with E-state index >= 15 is 0 Å². The van der Waals surface area contributed by atoms with Crippen molar-refractivity contribution in [3.05, 3.63) is 0 Å². The fraction of sp³-hybridized carbons (Fsp3) is 0.857. The number of carboxylic acids is 1. The molecule has 0 saturated heterocycles. The van der Waals surface area contributed by atoms with E-state index in [1.54, 1.807) is 0 Å². The highest BCUT2D eigenvalue weighted by atomic mass is 16.4. The van der Waals surface area contributed by atoms with Crippen molar-refractivity contribution in [2.24, 2.45) is 0 Å². The second kappa shape index (κ2) is 9.21. The van der Waals surface area contributed by atoms with Crippen LogP contribution in [0, 0.1) is 0 Å². The van der Waals surface area contributed by atoms with Gasteiger partial charge < -0.3 is 46.7 Å². The van der Waals surface area contributed by atoms with Gasteiger partial charge in [-0.15, -0.1) is 0 Å². The van der Waals surface area contributed by atoms with Crippen molar-refractivity contribution in [2.45, 2.75) is 30.5 Å². The SMILES string of the molecule is O.O.O=C(O)[C@H](O)[C@H](O)[C@@H](O)[C@H](O)[C@@H](O)CO. The quantitative estimate of drug-likeness (QED) is 0.243. The predicted molar refractivity (Wildman–Crippen MR) is 52.0 cm³/mol. The summed E-state index contributed by atoms with van der Waals surface area (Å²) in [5.74, 6) is -1.78. The van der Waals surface area contributed by atoms with Crippen molar-refractivity contribution in [2.75, 3.05) is 6.61 Å². The number of carboxylic acid groups (broad SMARTS) is 1. The van der Waals surface area contributed by atoms with Crippen LogP contribution in [0.5, 0.6) is 0 Å². The van der Waals surface area contributed by atoms with Gasteiger partial charge in [0.1, 0.15) is 24.4 Å². The maximum atomic E-state index is 10.2. The highest BCUT2D eigenvalue weighted by Gasteiger charge is 2.36. The van der Waals surface area contributed by atoms with Crippen LogP contribution in [0.4, 0.5) is 0 Å². The minimum Gasteiger partial charge on any atom is -0.479 e. The molecule has 0 bridgehead atoms. The first-order valence-corrected chi connectivity index (χ1v) is 4.07. The molecule has 10 nitrogen and oxygen atoms in total. The summed E-state index contributed by atoms with van der Waals surface area (Å²) in [4.78, 5) is 10.2. The third-order valence-corrected chi connectivity index (χ3v) is 1.86. The Morgan fingerprint density at radius 1 is 0.882 bits per heavy atom. The van der Waals surface area contributed by atoms with Gasteiger partial charge in [0.15, 0.2) is 6.10 Å². The minimum absolute atomic E-state index is 0. The Labute approximate surface area is 95.6 Å². The lowest BCUT2D eigenvalue weighted by molar-refractivity contribution is -0.169. The van der Waals surface area contributed by atoms with Crippen LogP contribution in [0.15, 0.2) is 0 Å². The van der Waals surface area contributed by atoms with Gasteiger partial charge in [0.2, 0.25) is 0 Å². The standard InChI is InChI=1S/C7H14O8.2H2O/c8-1-2(9)3(10)4(11)5(12)6(13)7(14)15;;/h2-6,8-13H,1H2,(H,14,15);2*1H2/t2-,3+,4-,5+,6+;;/m0../s1. The van der Waals surface area contributed by atoms with Gasteiger partial charge in [-0.05, 0) is 0 Å². The molecule has 0 heterocycles. The number of aliphatic hydroxyl groups excluding tert-OH is 6. The fourth-order valence-electron chi connectivity index (χ4n) is 0.870. The first kappa shape index (κ1) is 21.4. The van der Waals surface area contributed by atoms with Crippen molar-refractivity contribution >= 4 is 5.97 Å². The molecule has 0 aromatic heterocycles. The molecule has 0 saturated carbocycles. The second-order valence-corrected chi connectivity index (χ2v) is 3.00. The third-order valence-electron chi connectivity index (χ3n) is 1.86. The molecule has 0 fully saturated rings. The molecular weight excluding hydrogens is 244 g/mol. The van der Waals surface area contributed by atoms with Crippen molar-refractivity contribution in [3.63, 3.8) is 0 Å². The van der Waals surface area contributed by atoms with Gasteiger partial charge in [-0.1, -0.05) is 0 Å². The molecule has 0 rings (SSSR count). The van der Waals surface area contributed by atoms with Crippen LogP contribution < -0.4 is 0 Å². The largest absolute Gasteiger partial charge is 0.479 e. The molecule has 0 unspecified atom stereocenters. The Morgan fingerprint density at radius 3 is 1.59 bits per heavy atom. The molecule has 10 heteroatoms. The summed E-state index contributed by atoms with van der Waals surface area (Å²) in [5, 5.41) is 61.5. The summed E-state index contributed by atoms with van der Waals surface area (Å²) in [6.45, 7) is -0.881. The Balaban J connectivity index is -0.000000980. The van der Waals surface area contributed by atoms with E-state index in [-0.39, 0.29) is 11.0 Å². The Kier molecular flexibility index (Phi) is 11.6. The van der Waals surface area contributed by atoms with Crippen LogP contribution >= 0.6 is 0 Å². The lowest BCUT2D eigenvalue weighted by Crippen LogP contribution is -2.51. The highest BCUT2D eigenvalue weighted by Crippen LogP contribution is 2.08. The van der Waals surface area contributed by atoms with E-state index in [9.17, 15) is 4.79 Å². The van der Waals surface area contributed by atoms with E-state index in [1.165, 1.54) is 0 Å². The Bertz CT molecular complexity index is 209. The zero-order chi connectivity index (χ0) is 12.2. The molecule has 0 aromatic carbocycles. The molecule has 0 aliphatic carbocycles. The summed E-state index contributed by atoms with van der Waals surface area (Å²) >= 11 is 0. The highest BCUT2D eigenvalue weighted by molar-refractivity contribution is 5.72. The Hall–Kier alpha value is -0.850. The molecule has 0 spiro atoms. The molecule has 0 aliphatic rings. The summed E-state index contributed by atoms with van der Waals surface area (Å²) < 4.78 is 0. The van der Waals surface area contributed by atoms with Gasteiger partial charge >= 0.3 is 5.97 Å². The molecule has 106 valence electrons. The number of aliphatic hydroxyl groups is 6. The van der Waals surface area contributed by atoms with Crippen molar-refractivity contribution < 1.29 is 51.5 Å². The third kappa shape index (κ3) is 5.86. The van der Waals surface area contributed by atoms with Gasteiger partial charge in [0, 0.05) is 0 Å². The van der Waals surface area contributed by atoms with Gasteiger partial charge in [0.05, 0.1) is 6.61 Å². The van der Waals surface area contributed by atoms with E-state index in [0.717, 1.165) is 0 Å². The van der Waals surface area contributed by atoms with Crippen LogP contribution in [0.1, 0.15) is 0 Å². The second-order valence-electron chi connectivity index (χ2n) is 3.00. The monoisotopic (exact) mass is 262 g/mol. The zero-order valence-electron chi connectivity index (χ0n) is 8.63. The topological polar surface area (TPSA) is 222 Å². The average Bonchev–Trinajstić information content (AvgIpc) is 2.23. The van der Waals surface area contributed by atoms with E-state index in [0.29, 0.717) is 0 Å². The van der Waals surface area contributed by atoms with Gasteiger partial charge in [-0.25, -0.2) is 4.79 Å². The predicted octanol–water partition coefficient (Wildman–Crippen LogP) is -5.78. The molecule has 0 aliphatic heterocycles. The summed E-state index contributed by atoms with van der Waals surface area (Å²) in [7, 11) is 0. The molecule has 17 heavy (non-hydrogen) atoms. The van der Waals surface area contributed by atoms with E-state index in [2.05, 4.69) is 0 Å². The van der Waals surface area contributed by atoms with Crippen molar-refractivity contribution in [3.8, 4) is 0 Å². The number of hydrogen-bond donors (Lipinski definition) is 7. The van der Waals surface area contributed by atoms with Crippen LogP contribution in [-0.4, -0.2) is 89.8 Å². The zero-order valence-corrected chi connectivity index (χ0v) is 8.63. The minimum atomic E-state index is -2.29. The summed E-state index contributed by atoms with van der Waals surface area (Å²) in [5.41, 5.74) is 0. The van der Waals surface area contributed by atoms with E-state index in [1.807, 2.05) is 0 Å². The lowest BCUT2D eigenvalue weighted by Gasteiger charge is -2.26. The number of hydrogen-bond acceptors (Lipinski definition) is 7. The van der Waals surface area contributed by atoms with Crippen molar-refractivity contribution in [1.29, 1.82) is 0 Å². The molecule has 0 amide bonds. The molecule has 5 atom stereocenters. The van der Waals surface area contributed by atoms with E-state index < -0.39 is 43.1 Å². The van der Waals surface area contributed by atoms with Gasteiger partial charge in [0.25, 0.3) is 0 Å². The normalized spacial score (nSPS) is 18.9. The number of aliphatic carboxylic acids is 1. The lowest BCUT2D eigenvalue weighted by atomic mass is 9.99. The van der Waals surface area contributed by atoms with Gasteiger partial charge in [-0.2, -0.15) is 0 Å². The maximum absolute atomic E-state index is 10.2. The molecular formula is C7H18O10. The maximum Gasteiger partial charge on any atom is 0.335 e. The van der Waals surface area contributed by atoms with Gasteiger partial charge in [-0.3, -0.25) is 0 Å². The first-order chi connectivity index (χ1) is 6.82. The van der Waals surface area contributed by atoms with Crippen LogP contribution in [0.3, 0.4) is 0 Å². The van der Waals surface area contributed by atoms with Crippen LogP contribution in [-0.2, 0) is 4.79 Å². The first-order valence-electron chi connectivity index (χ1n) is 4.07. The summed E-state index contributed by atoms with van der Waals surface area (Å²) in [6, 6.07) is 0. The van der Waals surface area contributed by atoms with E-state index in [4.69, 9.17) is 35.7 Å². The molecule has 0 aromatic rings. The fourth-order valence-corrected chi connectivity index (χ4v) is 0.870. The average molecular weight is 262 g/mol. The molecule has 0 radical (unpaired) electrons. The van der Waals surface area contributed by atoms with Crippen molar-refractivity contribution in [1.82, 2.24) is 0 Å². The van der Waals surface area contributed by atoms with Crippen LogP contribution in [0.25, 0.3) is 0 Å². The number of rotatable bonds is 6. The van der Waals surface area contributed by atoms with Crippen LogP contribution in [0.2, 0.25) is 0 Å². The molecule has 11 N–H and O–H groups in total. The summed E-state index contributed by atoms with van der Waals surface area (Å²) in [6.07, 6.45) is -10.2. The smallest absolute Gasteiger partial charge is 0.335 e. The number of carbonyl (C=O) groups is 1.